The minimum absolute atomic E-state index is 0.00621. The molecule has 0 amide bonds. The van der Waals surface area contributed by atoms with Gasteiger partial charge in [-0.25, -0.2) is 10.4 Å². The number of thioether (sulfide) groups is 1. The molecule has 3 atom stereocenters. The molecule has 242 valence electrons. The van der Waals surface area contributed by atoms with Crippen molar-refractivity contribution in [2.45, 2.75) is 36.1 Å². The highest BCUT2D eigenvalue weighted by Crippen LogP contribution is 2.55. The molecule has 3 aliphatic rings. The molecule has 3 unspecified atom stereocenters. The minimum Gasteiger partial charge on any atom is -0.309 e. The number of para-hydroxylation sites is 1. The van der Waals surface area contributed by atoms with Gasteiger partial charge in [0.2, 0.25) is 0 Å². The number of hydrogen-bond acceptors (Lipinski definition) is 4. The van der Waals surface area contributed by atoms with Crippen LogP contribution in [-0.2, 0) is 6.54 Å². The summed E-state index contributed by atoms with van der Waals surface area (Å²) in [5.41, 5.74) is 15.2. The van der Waals surface area contributed by atoms with Crippen LogP contribution < -0.4 is 10.7 Å². The van der Waals surface area contributed by atoms with Gasteiger partial charge in [-0.1, -0.05) is 145 Å². The van der Waals surface area contributed by atoms with Crippen molar-refractivity contribution in [3.05, 3.63) is 197 Å². The van der Waals surface area contributed by atoms with Crippen molar-refractivity contribution in [3.8, 4) is 5.69 Å². The zero-order valence-electron chi connectivity index (χ0n) is 27.5. The second kappa shape index (κ2) is 12.3. The van der Waals surface area contributed by atoms with Crippen LogP contribution in [0.25, 0.3) is 33.1 Å². The molecule has 1 fully saturated rings. The van der Waals surface area contributed by atoms with E-state index in [9.17, 15) is 0 Å². The van der Waals surface area contributed by atoms with Gasteiger partial charge in [0.25, 0.3) is 0 Å². The Kier molecular flexibility index (Phi) is 7.32. The van der Waals surface area contributed by atoms with Crippen molar-refractivity contribution in [1.29, 1.82) is 0 Å². The monoisotopic (exact) mass is 664 g/mol. The van der Waals surface area contributed by atoms with Crippen LogP contribution in [0.5, 0.6) is 0 Å². The summed E-state index contributed by atoms with van der Waals surface area (Å²) in [6, 6.07) is 55.2. The van der Waals surface area contributed by atoms with E-state index in [1.165, 1.54) is 65.0 Å². The van der Waals surface area contributed by atoms with E-state index in [4.69, 9.17) is 0 Å². The third kappa shape index (κ3) is 5.05. The quantitative estimate of drug-likeness (QED) is 0.185. The van der Waals surface area contributed by atoms with Crippen molar-refractivity contribution < 1.29 is 0 Å². The molecule has 2 N–H and O–H groups in total. The summed E-state index contributed by atoms with van der Waals surface area (Å²) in [5, 5.41) is 8.75. The lowest BCUT2D eigenvalue weighted by molar-refractivity contribution is 0.165. The van der Waals surface area contributed by atoms with Gasteiger partial charge in [0.15, 0.2) is 0 Å². The Morgan fingerprint density at radius 1 is 0.660 bits per heavy atom. The first-order valence-electron chi connectivity index (χ1n) is 17.5. The fourth-order valence-corrected chi connectivity index (χ4v) is 9.44. The average Bonchev–Trinajstić information content (AvgIpc) is 3.87. The molecule has 7 aromatic rings. The predicted molar refractivity (Wildman–Crippen MR) is 207 cm³/mol. The van der Waals surface area contributed by atoms with Crippen LogP contribution in [0.3, 0.4) is 0 Å². The van der Waals surface area contributed by atoms with E-state index < -0.39 is 0 Å². The average molecular weight is 665 g/mol. The van der Waals surface area contributed by atoms with E-state index in [0.29, 0.717) is 5.92 Å². The molecule has 1 aromatic heterocycles. The lowest BCUT2D eigenvalue weighted by atomic mass is 9.87. The number of nitrogens with one attached hydrogen (secondary N) is 2. The molecular formula is C45H36N4S. The molecule has 4 nitrogen and oxygen atoms in total. The molecule has 50 heavy (non-hydrogen) atoms. The van der Waals surface area contributed by atoms with Gasteiger partial charge in [0.05, 0.1) is 17.2 Å². The van der Waals surface area contributed by atoms with Crippen molar-refractivity contribution in [2.75, 3.05) is 0 Å². The number of allylic oxidation sites excluding steroid dienone is 4. The van der Waals surface area contributed by atoms with E-state index in [0.717, 1.165) is 18.7 Å². The molecule has 0 spiro atoms. The number of fused-ring (bicyclic) bond motifs is 6. The van der Waals surface area contributed by atoms with Crippen LogP contribution in [0.1, 0.15) is 52.5 Å². The van der Waals surface area contributed by atoms with Gasteiger partial charge in [-0.15, -0.1) is 0 Å². The van der Waals surface area contributed by atoms with Crippen LogP contribution in [-0.4, -0.2) is 9.58 Å². The van der Waals surface area contributed by atoms with E-state index in [-0.39, 0.29) is 12.3 Å². The maximum Gasteiger partial charge on any atom is 0.101 e. The molecule has 10 rings (SSSR count). The standard InChI is InChI=1S/C45H36N4S/c1-3-12-30(13-4-1)29-48-45(46-44(47-48)31-14-5-2-6-15-31)32-22-25-34(26-23-32)49-40-20-9-7-16-36(40)37-27-24-33(28-41(37)49)35-18-11-19-39-38-17-8-10-21-42(38)50-43(35)39/h1-18,20-28,39,44-47H,19,29H2. The fraction of sp³-hybridized carbons (Fsp3) is 0.111. The van der Waals surface area contributed by atoms with Gasteiger partial charge < -0.3 is 4.57 Å². The van der Waals surface area contributed by atoms with Gasteiger partial charge in [-0.3, -0.25) is 5.32 Å². The zero-order chi connectivity index (χ0) is 33.0. The second-order valence-electron chi connectivity index (χ2n) is 13.4. The minimum atomic E-state index is 0.00621. The van der Waals surface area contributed by atoms with Gasteiger partial charge in [-0.05, 0) is 70.1 Å². The Bertz CT molecular complexity index is 2430. The van der Waals surface area contributed by atoms with E-state index in [1.54, 1.807) is 0 Å². The molecule has 2 aliphatic heterocycles. The smallest absolute Gasteiger partial charge is 0.101 e. The summed E-state index contributed by atoms with van der Waals surface area (Å²) in [6.45, 7) is 0.787. The van der Waals surface area contributed by atoms with Crippen molar-refractivity contribution in [2.24, 2.45) is 0 Å². The van der Waals surface area contributed by atoms with Crippen LogP contribution in [0, 0.1) is 0 Å². The summed E-state index contributed by atoms with van der Waals surface area (Å²) in [4.78, 5) is 2.87. The Morgan fingerprint density at radius 3 is 2.26 bits per heavy atom. The van der Waals surface area contributed by atoms with Crippen LogP contribution in [0.15, 0.2) is 174 Å². The summed E-state index contributed by atoms with van der Waals surface area (Å²) in [7, 11) is 0. The number of aromatic nitrogens is 1. The Balaban J connectivity index is 1.04. The summed E-state index contributed by atoms with van der Waals surface area (Å²) in [5.74, 6) is 0.451. The van der Waals surface area contributed by atoms with Gasteiger partial charge in [0.1, 0.15) is 6.17 Å². The summed E-state index contributed by atoms with van der Waals surface area (Å²) in [6.07, 6.45) is 5.81. The maximum atomic E-state index is 3.87. The molecule has 1 aliphatic carbocycles. The third-order valence-electron chi connectivity index (χ3n) is 10.5. The fourth-order valence-electron chi connectivity index (χ4n) is 8.07. The number of rotatable bonds is 6. The first-order chi connectivity index (χ1) is 24.8. The predicted octanol–water partition coefficient (Wildman–Crippen LogP) is 10.7. The highest BCUT2D eigenvalue weighted by Gasteiger charge is 2.33. The zero-order valence-corrected chi connectivity index (χ0v) is 28.4. The van der Waals surface area contributed by atoms with Gasteiger partial charge in [0, 0.05) is 38.7 Å². The topological polar surface area (TPSA) is 32.2 Å². The number of nitrogens with zero attached hydrogens (tertiary/aromatic N) is 2. The maximum absolute atomic E-state index is 3.87. The van der Waals surface area contributed by atoms with Crippen molar-refractivity contribution in [3.63, 3.8) is 0 Å². The van der Waals surface area contributed by atoms with Crippen LogP contribution >= 0.6 is 11.8 Å². The Labute approximate surface area is 296 Å². The highest BCUT2D eigenvalue weighted by atomic mass is 32.2. The largest absolute Gasteiger partial charge is 0.309 e. The number of benzene rings is 6. The van der Waals surface area contributed by atoms with Crippen molar-refractivity contribution >= 4 is 39.1 Å². The van der Waals surface area contributed by atoms with E-state index in [1.807, 2.05) is 11.8 Å². The number of hydrogen-bond donors (Lipinski definition) is 2. The van der Waals surface area contributed by atoms with Crippen molar-refractivity contribution in [1.82, 2.24) is 20.3 Å². The number of hydrazine groups is 1. The Morgan fingerprint density at radius 2 is 1.40 bits per heavy atom. The highest BCUT2D eigenvalue weighted by molar-refractivity contribution is 8.03. The molecule has 6 aromatic carbocycles. The van der Waals surface area contributed by atoms with E-state index >= 15 is 0 Å². The van der Waals surface area contributed by atoms with Crippen LogP contribution in [0.4, 0.5) is 0 Å². The normalized spacial score (nSPS) is 20.1. The second-order valence-corrected chi connectivity index (χ2v) is 14.5. The third-order valence-corrected chi connectivity index (χ3v) is 11.8. The summed E-state index contributed by atoms with van der Waals surface area (Å²) >= 11 is 1.95. The molecule has 3 heterocycles. The van der Waals surface area contributed by atoms with Gasteiger partial charge in [-0.2, -0.15) is 0 Å². The molecule has 5 heteroatoms. The first kappa shape index (κ1) is 29.7. The lowest BCUT2D eigenvalue weighted by Crippen LogP contribution is -2.33. The van der Waals surface area contributed by atoms with E-state index in [2.05, 4.69) is 184 Å². The van der Waals surface area contributed by atoms with Gasteiger partial charge >= 0.3 is 0 Å². The Hall–Kier alpha value is -5.17. The molecule has 1 saturated heterocycles. The first-order valence-corrected chi connectivity index (χ1v) is 18.3. The lowest BCUT2D eigenvalue weighted by Gasteiger charge is -2.24. The molecule has 0 radical (unpaired) electrons. The molecule has 0 bridgehead atoms. The molecular weight excluding hydrogens is 629 g/mol. The van der Waals surface area contributed by atoms with Crippen LogP contribution in [0.2, 0.25) is 0 Å². The summed E-state index contributed by atoms with van der Waals surface area (Å²) < 4.78 is 2.44. The molecule has 0 saturated carbocycles. The SMILES string of the molecule is C1=CC(c2ccc3c4ccccc4n(-c4ccc(C5NC(c6ccccc6)NN5Cc5ccccc5)cc4)c3c2)=C2Sc3ccccc3C2C1.